The molecule has 0 amide bonds. The third kappa shape index (κ3) is 3.40. The first-order valence-corrected chi connectivity index (χ1v) is 8.36. The molecule has 0 radical (unpaired) electrons. The van der Waals surface area contributed by atoms with E-state index >= 15 is 0 Å². The molecule has 1 atom stereocenters. The molecule has 0 spiro atoms. The number of hydrogen-bond donors (Lipinski definition) is 1. The first-order valence-electron chi connectivity index (χ1n) is 8.36. The van der Waals surface area contributed by atoms with Crippen molar-refractivity contribution in [2.75, 3.05) is 16.8 Å². The second-order valence-corrected chi connectivity index (χ2v) is 5.98. The number of anilines is 3. The molecule has 7 heteroatoms. The maximum Gasteiger partial charge on any atom is 0.228 e. The normalized spacial score (nSPS) is 16.8. The third-order valence-electron chi connectivity index (χ3n) is 4.25. The Hall–Kier alpha value is -3.09. The minimum absolute atomic E-state index is 0.237. The lowest BCUT2D eigenvalue weighted by Gasteiger charge is -2.26. The highest BCUT2D eigenvalue weighted by molar-refractivity contribution is 5.51. The van der Waals surface area contributed by atoms with Crippen molar-refractivity contribution < 1.29 is 0 Å². The van der Waals surface area contributed by atoms with Crippen molar-refractivity contribution in [1.29, 1.82) is 0 Å². The number of hydrogen-bond acceptors (Lipinski definition) is 7. The Morgan fingerprint density at radius 3 is 2.68 bits per heavy atom. The van der Waals surface area contributed by atoms with E-state index in [1.54, 1.807) is 18.5 Å². The van der Waals surface area contributed by atoms with Crippen LogP contribution in [-0.4, -0.2) is 31.5 Å². The van der Waals surface area contributed by atoms with Gasteiger partial charge in [0.1, 0.15) is 11.6 Å². The van der Waals surface area contributed by atoms with Gasteiger partial charge in [0, 0.05) is 43.1 Å². The van der Waals surface area contributed by atoms with Gasteiger partial charge in [0.25, 0.3) is 0 Å². The van der Waals surface area contributed by atoms with Gasteiger partial charge in [0.2, 0.25) is 5.95 Å². The van der Waals surface area contributed by atoms with Gasteiger partial charge in [-0.1, -0.05) is 0 Å². The summed E-state index contributed by atoms with van der Waals surface area (Å²) in [5.74, 6) is 1.98. The van der Waals surface area contributed by atoms with Gasteiger partial charge in [-0.15, -0.1) is 0 Å². The second-order valence-electron chi connectivity index (χ2n) is 5.98. The summed E-state index contributed by atoms with van der Waals surface area (Å²) in [4.78, 5) is 24.0. The van der Waals surface area contributed by atoms with Crippen LogP contribution in [0.2, 0.25) is 0 Å². The van der Waals surface area contributed by atoms with Gasteiger partial charge in [-0.3, -0.25) is 4.98 Å². The van der Waals surface area contributed by atoms with Gasteiger partial charge in [-0.25, -0.2) is 19.9 Å². The predicted octanol–water partition coefficient (Wildman–Crippen LogP) is 3.06. The molecule has 1 unspecified atom stereocenters. The Morgan fingerprint density at radius 1 is 1.08 bits per heavy atom. The molecule has 1 saturated heterocycles. The van der Waals surface area contributed by atoms with Crippen molar-refractivity contribution in [3.63, 3.8) is 0 Å². The average Bonchev–Trinajstić information content (AvgIpc) is 3.13. The molecule has 0 bridgehead atoms. The van der Waals surface area contributed by atoms with Crippen molar-refractivity contribution in [2.24, 2.45) is 0 Å². The Bertz CT molecular complexity index is 839. The number of aromatic nitrogens is 5. The molecule has 1 aliphatic rings. The lowest BCUT2D eigenvalue weighted by Crippen LogP contribution is -2.23. The summed E-state index contributed by atoms with van der Waals surface area (Å²) in [5, 5.41) is 3.16. The molecule has 1 N–H and O–H groups in total. The predicted molar refractivity (Wildman–Crippen MR) is 95.6 cm³/mol. The maximum absolute atomic E-state index is 4.68. The van der Waals surface area contributed by atoms with Crippen LogP contribution in [0.1, 0.15) is 30.4 Å². The molecular weight excluding hydrogens is 314 g/mol. The number of nitrogens with one attached hydrogen (secondary N) is 1. The van der Waals surface area contributed by atoms with E-state index in [4.69, 9.17) is 0 Å². The molecule has 1 aliphatic heterocycles. The molecule has 3 aromatic rings. The van der Waals surface area contributed by atoms with Crippen molar-refractivity contribution in [3.8, 4) is 0 Å². The first kappa shape index (κ1) is 15.4. The number of rotatable bonds is 4. The highest BCUT2D eigenvalue weighted by Gasteiger charge is 2.28. The number of nitrogens with zero attached hydrogens (tertiary/aromatic N) is 6. The molecule has 1 fully saturated rings. The standard InChI is InChI=1S/C18H19N7/c1-13-22-15(12-17(23-13)24-18-20-7-3-8-21-18)16-4-2-11-25(16)14-5-9-19-10-6-14/h3,5-10,12,16H,2,4,11H2,1H3,(H,20,21,22,23,24). The Kier molecular flexibility index (Phi) is 4.20. The molecule has 126 valence electrons. The number of pyridine rings is 1. The van der Waals surface area contributed by atoms with E-state index in [2.05, 4.69) is 35.1 Å². The highest BCUT2D eigenvalue weighted by Crippen LogP contribution is 2.35. The van der Waals surface area contributed by atoms with E-state index in [0.29, 0.717) is 5.95 Å². The topological polar surface area (TPSA) is 79.7 Å². The van der Waals surface area contributed by atoms with Gasteiger partial charge in [0.05, 0.1) is 11.7 Å². The van der Waals surface area contributed by atoms with Gasteiger partial charge in [-0.05, 0) is 38.0 Å². The van der Waals surface area contributed by atoms with Gasteiger partial charge < -0.3 is 10.2 Å². The van der Waals surface area contributed by atoms with E-state index < -0.39 is 0 Å². The summed E-state index contributed by atoms with van der Waals surface area (Å²) in [7, 11) is 0. The zero-order valence-electron chi connectivity index (χ0n) is 14.0. The van der Waals surface area contributed by atoms with E-state index in [9.17, 15) is 0 Å². The summed E-state index contributed by atoms with van der Waals surface area (Å²) < 4.78 is 0. The molecule has 7 nitrogen and oxygen atoms in total. The van der Waals surface area contributed by atoms with Crippen LogP contribution in [0.25, 0.3) is 0 Å². The first-order chi connectivity index (χ1) is 12.3. The van der Waals surface area contributed by atoms with Gasteiger partial charge in [-0.2, -0.15) is 0 Å². The minimum Gasteiger partial charge on any atom is -0.363 e. The third-order valence-corrected chi connectivity index (χ3v) is 4.25. The Balaban J connectivity index is 1.63. The van der Waals surface area contributed by atoms with Crippen LogP contribution in [0, 0.1) is 6.92 Å². The van der Waals surface area contributed by atoms with Crippen molar-refractivity contribution in [3.05, 3.63) is 60.6 Å². The smallest absolute Gasteiger partial charge is 0.228 e. The maximum atomic E-state index is 4.68. The molecule has 4 rings (SSSR count). The van der Waals surface area contributed by atoms with Crippen LogP contribution in [0.15, 0.2) is 49.1 Å². The summed E-state index contributed by atoms with van der Waals surface area (Å²) >= 11 is 0. The minimum atomic E-state index is 0.237. The summed E-state index contributed by atoms with van der Waals surface area (Å²) in [6.07, 6.45) is 9.27. The molecule has 0 aromatic carbocycles. The van der Waals surface area contributed by atoms with Gasteiger partial charge in [0.15, 0.2) is 0 Å². The van der Waals surface area contributed by atoms with Crippen molar-refractivity contribution >= 4 is 17.5 Å². The SMILES string of the molecule is Cc1nc(Nc2ncccn2)cc(C2CCCN2c2ccncc2)n1. The molecule has 0 saturated carbocycles. The van der Waals surface area contributed by atoms with Crippen LogP contribution in [0.3, 0.4) is 0 Å². The van der Waals surface area contributed by atoms with Crippen LogP contribution < -0.4 is 10.2 Å². The van der Waals surface area contributed by atoms with Crippen LogP contribution in [0.5, 0.6) is 0 Å². The largest absolute Gasteiger partial charge is 0.363 e. The fraction of sp³-hybridized carbons (Fsp3) is 0.278. The molecule has 25 heavy (non-hydrogen) atoms. The van der Waals surface area contributed by atoms with Crippen molar-refractivity contribution in [1.82, 2.24) is 24.9 Å². The zero-order chi connectivity index (χ0) is 17.1. The van der Waals surface area contributed by atoms with E-state index in [0.717, 1.165) is 36.7 Å². The lowest BCUT2D eigenvalue weighted by atomic mass is 10.1. The van der Waals surface area contributed by atoms with Crippen LogP contribution in [-0.2, 0) is 0 Å². The van der Waals surface area contributed by atoms with E-state index in [-0.39, 0.29) is 6.04 Å². The lowest BCUT2D eigenvalue weighted by molar-refractivity contribution is 0.687. The summed E-state index contributed by atoms with van der Waals surface area (Å²) in [6, 6.07) is 8.11. The van der Waals surface area contributed by atoms with Gasteiger partial charge >= 0.3 is 0 Å². The fourth-order valence-corrected chi connectivity index (χ4v) is 3.22. The fourth-order valence-electron chi connectivity index (χ4n) is 3.22. The quantitative estimate of drug-likeness (QED) is 0.786. The molecule has 4 heterocycles. The zero-order valence-corrected chi connectivity index (χ0v) is 14.0. The summed E-state index contributed by atoms with van der Waals surface area (Å²) in [5.41, 5.74) is 2.19. The molecule has 0 aliphatic carbocycles. The highest BCUT2D eigenvalue weighted by atomic mass is 15.2. The van der Waals surface area contributed by atoms with E-state index in [1.165, 1.54) is 5.69 Å². The average molecular weight is 333 g/mol. The Labute approximate surface area is 146 Å². The van der Waals surface area contributed by atoms with Crippen LogP contribution in [0.4, 0.5) is 17.5 Å². The Morgan fingerprint density at radius 2 is 1.88 bits per heavy atom. The van der Waals surface area contributed by atoms with E-state index in [1.807, 2.05) is 37.5 Å². The van der Waals surface area contributed by atoms with Crippen LogP contribution >= 0.6 is 0 Å². The second kappa shape index (κ2) is 6.80. The molecular formula is C18H19N7. The molecule has 3 aromatic heterocycles. The monoisotopic (exact) mass is 333 g/mol. The number of aryl methyl sites for hydroxylation is 1. The van der Waals surface area contributed by atoms with Crippen molar-refractivity contribution in [2.45, 2.75) is 25.8 Å². The summed E-state index contributed by atoms with van der Waals surface area (Å²) in [6.45, 7) is 2.93.